The van der Waals surface area contributed by atoms with Crippen LogP contribution in [-0.4, -0.2) is 8.07 Å². The lowest BCUT2D eigenvalue weighted by Gasteiger charge is -2.28. The van der Waals surface area contributed by atoms with Crippen molar-refractivity contribution in [2.24, 2.45) is 0 Å². The first-order chi connectivity index (χ1) is 7.89. The predicted octanol–water partition coefficient (Wildman–Crippen LogP) is 4.11. The van der Waals surface area contributed by atoms with Crippen LogP contribution < -0.4 is 5.19 Å². The highest BCUT2D eigenvalue weighted by Crippen LogP contribution is 2.31. The van der Waals surface area contributed by atoms with Crippen molar-refractivity contribution in [1.82, 2.24) is 0 Å². The fraction of sp³-hybridized carbons (Fsp3) is 0.375. The summed E-state index contributed by atoms with van der Waals surface area (Å²) < 4.78 is 0. The number of rotatable bonds is 2. The van der Waals surface area contributed by atoms with E-state index in [0.717, 1.165) is 0 Å². The molecule has 0 saturated carbocycles. The molecule has 0 N–H and O–H groups in total. The molecule has 0 heterocycles. The van der Waals surface area contributed by atoms with E-state index in [1.165, 1.54) is 16.7 Å². The third kappa shape index (κ3) is 2.44. The van der Waals surface area contributed by atoms with Gasteiger partial charge in [-0.25, -0.2) is 0 Å². The molecule has 0 bridgehead atoms. The van der Waals surface area contributed by atoms with Crippen LogP contribution in [0.2, 0.25) is 18.6 Å². The molecular formula is C16H22Si. The summed E-state index contributed by atoms with van der Waals surface area (Å²) in [5.41, 5.74) is 4.86. The van der Waals surface area contributed by atoms with Crippen LogP contribution >= 0.6 is 0 Å². The predicted molar refractivity (Wildman–Crippen MR) is 79.7 cm³/mol. The maximum atomic E-state index is 2.48. The molecule has 0 nitrogen and oxygen atoms in total. The normalized spacial score (nSPS) is 19.6. The maximum absolute atomic E-state index is 2.48. The van der Waals surface area contributed by atoms with Gasteiger partial charge in [-0.05, 0) is 26.3 Å². The Morgan fingerprint density at radius 1 is 0.941 bits per heavy atom. The van der Waals surface area contributed by atoms with Crippen LogP contribution in [0.25, 0.3) is 0 Å². The first-order valence-electron chi connectivity index (χ1n) is 6.35. The number of hydrogen-bond acceptors (Lipinski definition) is 0. The van der Waals surface area contributed by atoms with Crippen LogP contribution in [0.4, 0.5) is 0 Å². The standard InChI is InChI=1S/C16H22Si/c1-12-6-7-15(9-12)17(4,5)16-10-13(2)8-14(3)11-16/h6-11,15H,1-5H3. The summed E-state index contributed by atoms with van der Waals surface area (Å²) in [6.07, 6.45) is 7.09. The van der Waals surface area contributed by atoms with Crippen LogP contribution in [0.5, 0.6) is 0 Å². The van der Waals surface area contributed by atoms with Gasteiger partial charge in [0, 0.05) is 0 Å². The van der Waals surface area contributed by atoms with Crippen molar-refractivity contribution in [3.8, 4) is 0 Å². The molecule has 0 fully saturated rings. The van der Waals surface area contributed by atoms with E-state index >= 15 is 0 Å². The van der Waals surface area contributed by atoms with E-state index in [-0.39, 0.29) is 0 Å². The van der Waals surface area contributed by atoms with E-state index in [1.807, 2.05) is 0 Å². The Labute approximate surface area is 106 Å². The Morgan fingerprint density at radius 2 is 1.53 bits per heavy atom. The zero-order chi connectivity index (χ0) is 12.6. The molecule has 1 atom stereocenters. The molecule has 1 aliphatic carbocycles. The van der Waals surface area contributed by atoms with Gasteiger partial charge in [0.25, 0.3) is 0 Å². The van der Waals surface area contributed by atoms with Crippen molar-refractivity contribution < 1.29 is 0 Å². The van der Waals surface area contributed by atoms with Gasteiger partial charge < -0.3 is 0 Å². The second-order valence-corrected chi connectivity index (χ2v) is 10.6. The van der Waals surface area contributed by atoms with Crippen LogP contribution in [-0.2, 0) is 0 Å². The zero-order valence-electron chi connectivity index (χ0n) is 11.5. The fourth-order valence-electron chi connectivity index (χ4n) is 2.64. The van der Waals surface area contributed by atoms with Crippen molar-refractivity contribution >= 4 is 13.3 Å². The quantitative estimate of drug-likeness (QED) is 0.685. The summed E-state index contributed by atoms with van der Waals surface area (Å²) in [6, 6.07) is 7.03. The highest BCUT2D eigenvalue weighted by Gasteiger charge is 2.32. The number of hydrogen-bond donors (Lipinski definition) is 0. The third-order valence-corrected chi connectivity index (χ3v) is 7.61. The average molecular weight is 242 g/mol. The number of aryl methyl sites for hydroxylation is 2. The van der Waals surface area contributed by atoms with Gasteiger partial charge in [0.1, 0.15) is 0 Å². The van der Waals surface area contributed by atoms with Gasteiger partial charge in [-0.1, -0.05) is 71.4 Å². The van der Waals surface area contributed by atoms with E-state index in [9.17, 15) is 0 Å². The Kier molecular flexibility index (Phi) is 3.13. The van der Waals surface area contributed by atoms with Gasteiger partial charge in [0.05, 0.1) is 8.07 Å². The Hall–Kier alpha value is -1.08. The van der Waals surface area contributed by atoms with Crippen molar-refractivity contribution in [3.05, 3.63) is 53.1 Å². The molecule has 0 amide bonds. The molecule has 17 heavy (non-hydrogen) atoms. The molecular weight excluding hydrogens is 220 g/mol. The van der Waals surface area contributed by atoms with Gasteiger partial charge in [0.15, 0.2) is 0 Å². The Bertz CT molecular complexity index is 472. The summed E-state index contributed by atoms with van der Waals surface area (Å²) in [5, 5.41) is 1.58. The molecule has 1 aliphatic rings. The highest BCUT2D eigenvalue weighted by atomic mass is 28.3. The van der Waals surface area contributed by atoms with Gasteiger partial charge in [0.2, 0.25) is 0 Å². The van der Waals surface area contributed by atoms with Gasteiger partial charge in [-0.3, -0.25) is 0 Å². The smallest absolute Gasteiger partial charge is 0.0797 e. The second kappa shape index (κ2) is 4.30. The van der Waals surface area contributed by atoms with Gasteiger partial charge >= 0.3 is 0 Å². The number of benzene rings is 1. The SMILES string of the molecule is CC1=CC([Si](C)(C)c2cc(C)cc(C)c2)C=C1. The Morgan fingerprint density at radius 3 is 2.00 bits per heavy atom. The second-order valence-electron chi connectivity index (χ2n) is 5.89. The lowest BCUT2D eigenvalue weighted by molar-refractivity contribution is 1.29. The van der Waals surface area contributed by atoms with Crippen molar-refractivity contribution in [3.63, 3.8) is 0 Å². The molecule has 0 aromatic heterocycles. The van der Waals surface area contributed by atoms with E-state index in [2.05, 4.69) is 70.3 Å². The van der Waals surface area contributed by atoms with E-state index in [0.29, 0.717) is 5.54 Å². The van der Waals surface area contributed by atoms with Crippen molar-refractivity contribution in [2.75, 3.05) is 0 Å². The molecule has 1 unspecified atom stereocenters. The summed E-state index contributed by atoms with van der Waals surface area (Å²) in [5.74, 6) is 0. The van der Waals surface area contributed by atoms with Gasteiger partial charge in [-0.15, -0.1) is 0 Å². The lowest BCUT2D eigenvalue weighted by Crippen LogP contribution is -2.44. The van der Waals surface area contributed by atoms with Crippen LogP contribution in [0.1, 0.15) is 18.1 Å². The Balaban J connectivity index is 2.41. The molecule has 0 saturated heterocycles. The topological polar surface area (TPSA) is 0 Å². The van der Waals surface area contributed by atoms with Crippen LogP contribution in [0.3, 0.4) is 0 Å². The zero-order valence-corrected chi connectivity index (χ0v) is 12.5. The van der Waals surface area contributed by atoms with Crippen molar-refractivity contribution in [2.45, 2.75) is 39.4 Å². The van der Waals surface area contributed by atoms with Gasteiger partial charge in [-0.2, -0.15) is 0 Å². The lowest BCUT2D eigenvalue weighted by atomic mass is 10.2. The third-order valence-electron chi connectivity index (χ3n) is 3.81. The fourth-order valence-corrected chi connectivity index (χ4v) is 5.48. The largest absolute Gasteiger partial charge is 0.0912 e. The first-order valence-corrected chi connectivity index (χ1v) is 9.43. The summed E-state index contributed by atoms with van der Waals surface area (Å²) in [6.45, 7) is 11.6. The maximum Gasteiger partial charge on any atom is 0.0912 e. The molecule has 1 aromatic carbocycles. The molecule has 1 aromatic rings. The average Bonchev–Trinajstić information content (AvgIpc) is 2.64. The van der Waals surface area contributed by atoms with E-state index in [4.69, 9.17) is 0 Å². The molecule has 0 radical (unpaired) electrons. The first kappa shape index (κ1) is 12.4. The number of allylic oxidation sites excluding steroid dienone is 4. The van der Waals surface area contributed by atoms with Crippen LogP contribution in [0, 0.1) is 13.8 Å². The minimum atomic E-state index is -1.41. The molecule has 0 aliphatic heterocycles. The minimum Gasteiger partial charge on any atom is -0.0797 e. The summed E-state index contributed by atoms with van der Waals surface area (Å²) >= 11 is 0. The molecule has 1 heteroatoms. The van der Waals surface area contributed by atoms with E-state index < -0.39 is 8.07 Å². The molecule has 0 spiro atoms. The monoisotopic (exact) mass is 242 g/mol. The van der Waals surface area contributed by atoms with E-state index in [1.54, 1.807) is 5.19 Å². The molecule has 90 valence electrons. The van der Waals surface area contributed by atoms with Crippen LogP contribution in [0.15, 0.2) is 42.0 Å². The minimum absolute atomic E-state index is 0.656. The molecule has 2 rings (SSSR count). The summed E-state index contributed by atoms with van der Waals surface area (Å²) in [7, 11) is -1.41. The van der Waals surface area contributed by atoms with Crippen molar-refractivity contribution in [1.29, 1.82) is 0 Å². The summed E-state index contributed by atoms with van der Waals surface area (Å²) in [4.78, 5) is 0. The highest BCUT2D eigenvalue weighted by molar-refractivity contribution is 6.91.